The molecule has 0 aromatic rings. The number of ether oxygens (including phenoxy) is 5. The summed E-state index contributed by atoms with van der Waals surface area (Å²) in [4.78, 5) is 45.0. The molecule has 1 aliphatic heterocycles. The molecule has 0 aromatic carbocycles. The molecule has 0 radical (unpaired) electrons. The van der Waals surface area contributed by atoms with Gasteiger partial charge in [-0.05, 0) is 5.44 Å². The fourth-order valence-electron chi connectivity index (χ4n) is 2.19. The zero-order valence-corrected chi connectivity index (χ0v) is 17.5. The molecule has 1 fully saturated rings. The van der Waals surface area contributed by atoms with Crippen molar-refractivity contribution in [2.75, 3.05) is 6.61 Å². The molecule has 1 heterocycles. The Morgan fingerprint density at radius 1 is 0.800 bits per heavy atom. The summed E-state index contributed by atoms with van der Waals surface area (Å²) >= 11 is 5.11. The molecular weight excluding hydrogens is 367 g/mol. The van der Waals surface area contributed by atoms with Crippen LogP contribution >= 0.6 is 0 Å². The standard InChI is InChI=1S/C14H20O9S.Na/c1-6(15)19-5-10-11(20-7(2)16)12(21-8(3)17)13(14(24)23-10)22-9(4)18;/h10-14,24H,5H2,1-4H3;/q;+1/p-1/t10?,11-,12-,13?,14+;/m1./s1. The predicted molar refractivity (Wildman–Crippen MR) is 79.3 cm³/mol. The summed E-state index contributed by atoms with van der Waals surface area (Å²) in [6.07, 6.45) is -4.47. The van der Waals surface area contributed by atoms with Crippen LogP contribution in [-0.4, -0.2) is 60.3 Å². The molecule has 1 saturated heterocycles. The van der Waals surface area contributed by atoms with E-state index >= 15 is 0 Å². The molecule has 1 aliphatic rings. The van der Waals surface area contributed by atoms with E-state index < -0.39 is 53.7 Å². The summed E-state index contributed by atoms with van der Waals surface area (Å²) in [6, 6.07) is 0. The zero-order valence-electron chi connectivity index (χ0n) is 14.7. The van der Waals surface area contributed by atoms with Gasteiger partial charge in [-0.3, -0.25) is 19.2 Å². The summed E-state index contributed by atoms with van der Waals surface area (Å²) in [5.41, 5.74) is -1.09. The minimum Gasteiger partial charge on any atom is -0.757 e. The molecule has 11 heteroatoms. The Hall–Kier alpha value is -0.810. The average molecular weight is 386 g/mol. The fourth-order valence-corrected chi connectivity index (χ4v) is 2.54. The quantitative estimate of drug-likeness (QED) is 0.205. The molecule has 0 N–H and O–H groups in total. The van der Waals surface area contributed by atoms with Crippen LogP contribution < -0.4 is 29.6 Å². The van der Waals surface area contributed by atoms with E-state index in [0.717, 1.165) is 20.8 Å². The second-order valence-electron chi connectivity index (χ2n) is 5.07. The molecule has 9 nitrogen and oxygen atoms in total. The van der Waals surface area contributed by atoms with E-state index in [2.05, 4.69) is 0 Å². The van der Waals surface area contributed by atoms with Gasteiger partial charge in [0.05, 0.1) is 0 Å². The Morgan fingerprint density at radius 2 is 1.24 bits per heavy atom. The van der Waals surface area contributed by atoms with Crippen LogP contribution in [0.25, 0.3) is 0 Å². The van der Waals surface area contributed by atoms with Crippen molar-refractivity contribution in [2.24, 2.45) is 0 Å². The molecular formula is C14H19NaO9S. The first-order valence-corrected chi connectivity index (χ1v) is 7.55. The van der Waals surface area contributed by atoms with Crippen molar-refractivity contribution in [2.45, 2.75) is 57.5 Å². The third kappa shape index (κ3) is 7.95. The normalized spacial score (nSPS) is 28.1. The Kier molecular flexibility index (Phi) is 10.7. The van der Waals surface area contributed by atoms with E-state index in [0.29, 0.717) is 0 Å². The Balaban J connectivity index is 0.00000576. The third-order valence-electron chi connectivity index (χ3n) is 2.95. The minimum absolute atomic E-state index is 0. The van der Waals surface area contributed by atoms with Crippen LogP contribution in [0.5, 0.6) is 0 Å². The molecule has 2 unspecified atom stereocenters. The second-order valence-corrected chi connectivity index (χ2v) is 5.53. The number of hydrogen-bond acceptors (Lipinski definition) is 10. The summed E-state index contributed by atoms with van der Waals surface area (Å²) in [5.74, 6) is -2.62. The van der Waals surface area contributed by atoms with Crippen LogP contribution in [-0.2, 0) is 55.5 Å². The molecule has 5 atom stereocenters. The van der Waals surface area contributed by atoms with Gasteiger partial charge in [0.1, 0.15) is 18.8 Å². The van der Waals surface area contributed by atoms with Crippen LogP contribution in [0.3, 0.4) is 0 Å². The summed E-state index contributed by atoms with van der Waals surface area (Å²) < 4.78 is 25.7. The Bertz CT molecular complexity index is 513. The van der Waals surface area contributed by atoms with Crippen molar-refractivity contribution in [1.82, 2.24) is 0 Å². The van der Waals surface area contributed by atoms with Gasteiger partial charge in [-0.25, -0.2) is 0 Å². The van der Waals surface area contributed by atoms with Gasteiger partial charge in [0, 0.05) is 27.7 Å². The first-order valence-electron chi connectivity index (χ1n) is 7.08. The maximum absolute atomic E-state index is 11.4. The van der Waals surface area contributed by atoms with Gasteiger partial charge in [0.25, 0.3) is 0 Å². The first kappa shape index (κ1) is 24.2. The molecule has 136 valence electrons. The van der Waals surface area contributed by atoms with Crippen LogP contribution in [0, 0.1) is 0 Å². The largest absolute Gasteiger partial charge is 1.00 e. The van der Waals surface area contributed by atoms with Crippen molar-refractivity contribution in [3.63, 3.8) is 0 Å². The van der Waals surface area contributed by atoms with Crippen LogP contribution in [0.1, 0.15) is 27.7 Å². The van der Waals surface area contributed by atoms with Crippen molar-refractivity contribution in [1.29, 1.82) is 0 Å². The molecule has 0 amide bonds. The fraction of sp³-hybridized carbons (Fsp3) is 0.714. The maximum Gasteiger partial charge on any atom is 1.00 e. The van der Waals surface area contributed by atoms with Gasteiger partial charge in [-0.15, -0.1) is 0 Å². The molecule has 0 aromatic heterocycles. The smallest absolute Gasteiger partial charge is 0.757 e. The molecule has 1 rings (SSSR count). The average Bonchev–Trinajstić information content (AvgIpc) is 2.42. The second kappa shape index (κ2) is 11.0. The van der Waals surface area contributed by atoms with Gasteiger partial charge in [0.15, 0.2) is 12.2 Å². The van der Waals surface area contributed by atoms with E-state index in [1.54, 1.807) is 0 Å². The molecule has 25 heavy (non-hydrogen) atoms. The van der Waals surface area contributed by atoms with Gasteiger partial charge in [0.2, 0.25) is 0 Å². The van der Waals surface area contributed by atoms with Crippen molar-refractivity contribution in [3.05, 3.63) is 0 Å². The number of carbonyl (C=O) groups excluding carboxylic acids is 4. The third-order valence-corrected chi connectivity index (χ3v) is 3.33. The van der Waals surface area contributed by atoms with Crippen LogP contribution in [0.15, 0.2) is 0 Å². The van der Waals surface area contributed by atoms with E-state index in [9.17, 15) is 19.2 Å². The van der Waals surface area contributed by atoms with E-state index in [4.69, 9.17) is 36.3 Å². The van der Waals surface area contributed by atoms with Gasteiger partial charge in [-0.2, -0.15) is 0 Å². The van der Waals surface area contributed by atoms with Gasteiger partial charge >= 0.3 is 53.4 Å². The minimum atomic E-state index is -1.19. The topological polar surface area (TPSA) is 114 Å². The van der Waals surface area contributed by atoms with Crippen molar-refractivity contribution >= 4 is 36.5 Å². The molecule has 0 spiro atoms. The Labute approximate surface area is 172 Å². The van der Waals surface area contributed by atoms with E-state index in [1.165, 1.54) is 6.92 Å². The van der Waals surface area contributed by atoms with Crippen LogP contribution in [0.2, 0.25) is 0 Å². The van der Waals surface area contributed by atoms with Crippen molar-refractivity contribution in [3.8, 4) is 0 Å². The van der Waals surface area contributed by atoms with Gasteiger partial charge in [-0.1, -0.05) is 0 Å². The zero-order chi connectivity index (χ0) is 18.4. The van der Waals surface area contributed by atoms with Gasteiger partial charge < -0.3 is 36.3 Å². The predicted octanol–water partition coefficient (Wildman–Crippen LogP) is -3.38. The number of rotatable bonds is 5. The van der Waals surface area contributed by atoms with E-state index in [1.807, 2.05) is 0 Å². The summed E-state index contributed by atoms with van der Waals surface area (Å²) in [6.45, 7) is 4.36. The monoisotopic (exact) mass is 386 g/mol. The number of hydrogen-bond donors (Lipinski definition) is 0. The maximum atomic E-state index is 11.4. The first-order chi connectivity index (χ1) is 11.1. The van der Waals surface area contributed by atoms with Crippen molar-refractivity contribution < 1.29 is 72.4 Å². The molecule has 0 bridgehead atoms. The number of carbonyl (C=O) groups is 4. The molecule has 0 saturated carbocycles. The van der Waals surface area contributed by atoms with Crippen LogP contribution in [0.4, 0.5) is 0 Å². The van der Waals surface area contributed by atoms with E-state index in [-0.39, 0.29) is 36.2 Å². The Morgan fingerprint density at radius 3 is 1.68 bits per heavy atom. The SMILES string of the molecule is CC(=O)OCC1O[C@@H]([S-])C(OC(C)=O)[C@H](OC(C)=O)[C@@H]1OC(C)=O.[Na+]. The summed E-state index contributed by atoms with van der Waals surface area (Å²) in [7, 11) is 0. The molecule has 0 aliphatic carbocycles. The number of esters is 4. The summed E-state index contributed by atoms with van der Waals surface area (Å²) in [5, 5.41) is 0.